The highest BCUT2D eigenvalue weighted by molar-refractivity contribution is 5.97. The van der Waals surface area contributed by atoms with Gasteiger partial charge in [-0.2, -0.15) is 0 Å². The lowest BCUT2D eigenvalue weighted by atomic mass is 10.1. The van der Waals surface area contributed by atoms with Crippen molar-refractivity contribution in [3.63, 3.8) is 0 Å². The van der Waals surface area contributed by atoms with Gasteiger partial charge in [-0.25, -0.2) is 4.98 Å². The van der Waals surface area contributed by atoms with Gasteiger partial charge in [0.1, 0.15) is 5.75 Å². The van der Waals surface area contributed by atoms with Crippen LogP contribution >= 0.6 is 0 Å². The fourth-order valence-corrected chi connectivity index (χ4v) is 1.84. The van der Waals surface area contributed by atoms with E-state index in [1.165, 1.54) is 7.11 Å². The van der Waals surface area contributed by atoms with Gasteiger partial charge < -0.3 is 20.5 Å². The molecule has 1 aromatic heterocycles. The van der Waals surface area contributed by atoms with Crippen molar-refractivity contribution in [2.75, 3.05) is 20.0 Å². The van der Waals surface area contributed by atoms with Crippen molar-refractivity contribution < 1.29 is 14.3 Å². The van der Waals surface area contributed by atoms with Gasteiger partial charge in [-0.05, 0) is 23.8 Å². The average molecular weight is 287 g/mol. The van der Waals surface area contributed by atoms with Crippen LogP contribution in [0.4, 0.5) is 5.69 Å². The molecule has 21 heavy (non-hydrogen) atoms. The van der Waals surface area contributed by atoms with E-state index in [-0.39, 0.29) is 5.91 Å². The van der Waals surface area contributed by atoms with Crippen LogP contribution in [0.15, 0.2) is 36.5 Å². The second kappa shape index (κ2) is 6.60. The van der Waals surface area contributed by atoms with E-state index in [0.717, 1.165) is 5.56 Å². The Morgan fingerprint density at radius 2 is 2.05 bits per heavy atom. The number of rotatable bonds is 5. The van der Waals surface area contributed by atoms with Crippen molar-refractivity contribution in [2.45, 2.75) is 6.54 Å². The molecule has 0 atom stereocenters. The Balaban J connectivity index is 2.08. The lowest BCUT2D eigenvalue weighted by Crippen LogP contribution is -2.23. The molecule has 0 aliphatic heterocycles. The van der Waals surface area contributed by atoms with Crippen LogP contribution < -0.4 is 20.5 Å². The molecule has 0 saturated carbocycles. The number of nitrogens with two attached hydrogens (primary N) is 1. The van der Waals surface area contributed by atoms with E-state index in [1.54, 1.807) is 37.6 Å². The maximum Gasteiger partial charge on any atom is 0.255 e. The number of carbonyl (C=O) groups is 1. The fraction of sp³-hybridized carbons (Fsp3) is 0.200. The Morgan fingerprint density at radius 3 is 2.76 bits per heavy atom. The van der Waals surface area contributed by atoms with Crippen molar-refractivity contribution >= 4 is 11.6 Å². The molecule has 6 nitrogen and oxygen atoms in total. The van der Waals surface area contributed by atoms with Crippen molar-refractivity contribution in [1.82, 2.24) is 10.3 Å². The minimum atomic E-state index is -0.234. The fourth-order valence-electron chi connectivity index (χ4n) is 1.84. The number of carbonyl (C=O) groups excluding carboxylic acids is 1. The molecule has 0 aliphatic carbocycles. The molecule has 1 heterocycles. The van der Waals surface area contributed by atoms with E-state index in [2.05, 4.69) is 10.3 Å². The van der Waals surface area contributed by atoms with E-state index in [9.17, 15) is 4.79 Å². The Bertz CT molecular complexity index is 644. The molecule has 0 spiro atoms. The molecule has 0 unspecified atom stereocenters. The number of methoxy groups -OCH3 is 2. The molecule has 1 aromatic carbocycles. The summed E-state index contributed by atoms with van der Waals surface area (Å²) >= 11 is 0. The second-order valence-corrected chi connectivity index (χ2v) is 4.35. The van der Waals surface area contributed by atoms with Crippen LogP contribution in [0.2, 0.25) is 0 Å². The summed E-state index contributed by atoms with van der Waals surface area (Å²) in [5.41, 5.74) is 7.54. The largest absolute Gasteiger partial charge is 0.496 e. The third-order valence-electron chi connectivity index (χ3n) is 2.93. The lowest BCUT2D eigenvalue weighted by Gasteiger charge is -2.10. The highest BCUT2D eigenvalue weighted by atomic mass is 16.5. The van der Waals surface area contributed by atoms with E-state index in [4.69, 9.17) is 15.2 Å². The lowest BCUT2D eigenvalue weighted by molar-refractivity contribution is 0.0948. The Morgan fingerprint density at radius 1 is 1.24 bits per heavy atom. The molecule has 110 valence electrons. The molecule has 0 aliphatic rings. The van der Waals surface area contributed by atoms with Crippen molar-refractivity contribution in [3.05, 3.63) is 47.7 Å². The number of nitrogens with zero attached hydrogens (tertiary/aromatic N) is 1. The maximum atomic E-state index is 12.2. The second-order valence-electron chi connectivity index (χ2n) is 4.35. The third-order valence-corrected chi connectivity index (χ3v) is 2.93. The number of amides is 1. The molecule has 3 N–H and O–H groups in total. The number of hydrogen-bond donors (Lipinski definition) is 2. The quantitative estimate of drug-likeness (QED) is 0.816. The number of nitrogen functional groups attached to an aromatic ring is 1. The molecule has 6 heteroatoms. The summed E-state index contributed by atoms with van der Waals surface area (Å²) in [7, 11) is 3.04. The Labute approximate surface area is 122 Å². The van der Waals surface area contributed by atoms with Gasteiger partial charge in [0.25, 0.3) is 5.91 Å². The van der Waals surface area contributed by atoms with Gasteiger partial charge in [0.05, 0.1) is 19.8 Å². The number of anilines is 1. The number of hydrogen-bond acceptors (Lipinski definition) is 5. The van der Waals surface area contributed by atoms with Crippen LogP contribution in [0.3, 0.4) is 0 Å². The summed E-state index contributed by atoms with van der Waals surface area (Å²) in [6, 6.07) is 8.48. The normalized spacial score (nSPS) is 10.0. The SMILES string of the molecule is COc1cc(CNC(=O)c2ccc(N)cc2OC)ccn1. The number of pyridine rings is 1. The maximum absolute atomic E-state index is 12.2. The zero-order valence-electron chi connectivity index (χ0n) is 11.9. The first-order valence-corrected chi connectivity index (χ1v) is 6.34. The van der Waals surface area contributed by atoms with Crippen molar-refractivity contribution in [2.24, 2.45) is 0 Å². The number of benzene rings is 1. The summed E-state index contributed by atoms with van der Waals surface area (Å²) in [5, 5.41) is 2.82. The van der Waals surface area contributed by atoms with Crippen molar-refractivity contribution in [3.8, 4) is 11.6 Å². The number of nitrogens with one attached hydrogen (secondary N) is 1. The first-order valence-electron chi connectivity index (χ1n) is 6.34. The number of ether oxygens (including phenoxy) is 2. The molecule has 0 radical (unpaired) electrons. The van der Waals surface area contributed by atoms with Crippen LogP contribution in [0.5, 0.6) is 11.6 Å². The van der Waals surface area contributed by atoms with Crippen LogP contribution in [0, 0.1) is 0 Å². The minimum absolute atomic E-state index is 0.234. The smallest absolute Gasteiger partial charge is 0.255 e. The Kier molecular flexibility index (Phi) is 4.61. The molecule has 2 rings (SSSR count). The summed E-state index contributed by atoms with van der Waals surface area (Å²) in [6.07, 6.45) is 1.63. The van der Waals surface area contributed by atoms with Crippen LogP contribution in [0.1, 0.15) is 15.9 Å². The van der Waals surface area contributed by atoms with Gasteiger partial charge in [0.2, 0.25) is 5.88 Å². The number of aromatic nitrogens is 1. The van der Waals surface area contributed by atoms with Crippen molar-refractivity contribution in [1.29, 1.82) is 0 Å². The first kappa shape index (κ1) is 14.6. The topological polar surface area (TPSA) is 86.5 Å². The molecule has 0 bridgehead atoms. The summed E-state index contributed by atoms with van der Waals surface area (Å²) in [5.74, 6) is 0.717. The molecule has 2 aromatic rings. The standard InChI is InChI=1S/C15H17N3O3/c1-20-13-8-11(16)3-4-12(13)15(19)18-9-10-5-6-17-14(7-10)21-2/h3-8H,9,16H2,1-2H3,(H,18,19). The zero-order chi connectivity index (χ0) is 15.2. The predicted octanol–water partition coefficient (Wildman–Crippen LogP) is 1.61. The Hall–Kier alpha value is -2.76. The average Bonchev–Trinajstić information content (AvgIpc) is 2.52. The van der Waals surface area contributed by atoms with Crippen LogP contribution in [0.25, 0.3) is 0 Å². The van der Waals surface area contributed by atoms with Gasteiger partial charge in [-0.1, -0.05) is 0 Å². The molecule has 0 saturated heterocycles. The molecule has 0 fully saturated rings. The zero-order valence-corrected chi connectivity index (χ0v) is 11.9. The van der Waals surface area contributed by atoms with E-state index < -0.39 is 0 Å². The van der Waals surface area contributed by atoms with Gasteiger partial charge in [-0.3, -0.25) is 4.79 Å². The molecule has 1 amide bonds. The first-order chi connectivity index (χ1) is 10.1. The van der Waals surface area contributed by atoms with Gasteiger partial charge in [-0.15, -0.1) is 0 Å². The van der Waals surface area contributed by atoms with E-state index >= 15 is 0 Å². The van der Waals surface area contributed by atoms with Crippen LogP contribution in [-0.2, 0) is 6.54 Å². The summed E-state index contributed by atoms with van der Waals surface area (Å²) in [6.45, 7) is 0.366. The highest BCUT2D eigenvalue weighted by Gasteiger charge is 2.12. The predicted molar refractivity (Wildman–Crippen MR) is 79.4 cm³/mol. The van der Waals surface area contributed by atoms with Crippen LogP contribution in [-0.4, -0.2) is 25.1 Å². The monoisotopic (exact) mass is 287 g/mol. The minimum Gasteiger partial charge on any atom is -0.496 e. The van der Waals surface area contributed by atoms with Gasteiger partial charge >= 0.3 is 0 Å². The molecular formula is C15H17N3O3. The van der Waals surface area contributed by atoms with E-state index in [1.807, 2.05) is 6.07 Å². The van der Waals surface area contributed by atoms with Gasteiger partial charge in [0, 0.05) is 30.6 Å². The summed E-state index contributed by atoms with van der Waals surface area (Å²) < 4.78 is 10.2. The third kappa shape index (κ3) is 3.62. The van der Waals surface area contributed by atoms with E-state index in [0.29, 0.717) is 29.4 Å². The summed E-state index contributed by atoms with van der Waals surface area (Å²) in [4.78, 5) is 16.2. The molecular weight excluding hydrogens is 270 g/mol. The van der Waals surface area contributed by atoms with Gasteiger partial charge in [0.15, 0.2) is 0 Å². The highest BCUT2D eigenvalue weighted by Crippen LogP contribution is 2.21.